The van der Waals surface area contributed by atoms with Crippen molar-refractivity contribution in [2.24, 2.45) is 5.41 Å². The molecule has 16 heavy (non-hydrogen) atoms. The maximum atomic E-state index is 11.1. The second kappa shape index (κ2) is 4.26. The lowest BCUT2D eigenvalue weighted by Gasteiger charge is -2.13. The van der Waals surface area contributed by atoms with E-state index in [0.717, 1.165) is 30.6 Å². The molecule has 0 heterocycles. The Labute approximate surface area is 95.5 Å². The number of carbonyl (C=O) groups is 1. The quantitative estimate of drug-likeness (QED) is 0.745. The number of aliphatic hydroxyl groups excluding tert-OH is 1. The maximum absolute atomic E-state index is 11.1. The minimum Gasteiger partial charge on any atom is -0.396 e. The van der Waals surface area contributed by atoms with Gasteiger partial charge in [-0.15, -0.1) is 0 Å². The Balaban J connectivity index is 1.93. The van der Waals surface area contributed by atoms with Crippen LogP contribution in [0.2, 0.25) is 0 Å². The summed E-state index contributed by atoms with van der Waals surface area (Å²) in [6, 6.07) is 7.46. The molecule has 1 aliphatic rings. The summed E-state index contributed by atoms with van der Waals surface area (Å²) < 4.78 is 0. The van der Waals surface area contributed by atoms with E-state index in [-0.39, 0.29) is 17.8 Å². The molecular weight excluding hydrogens is 202 g/mol. The second-order valence-corrected chi connectivity index (χ2v) is 4.65. The van der Waals surface area contributed by atoms with Crippen molar-refractivity contribution in [3.63, 3.8) is 0 Å². The first-order valence-electron chi connectivity index (χ1n) is 5.61. The van der Waals surface area contributed by atoms with Crippen LogP contribution in [-0.4, -0.2) is 24.0 Å². The fourth-order valence-corrected chi connectivity index (χ4v) is 1.68. The number of ketones is 1. The molecule has 0 bridgehead atoms. The third-order valence-corrected chi connectivity index (χ3v) is 3.25. The molecule has 0 aliphatic heterocycles. The van der Waals surface area contributed by atoms with E-state index in [1.54, 1.807) is 6.92 Å². The number of aliphatic hydroxyl groups is 1. The van der Waals surface area contributed by atoms with E-state index in [0.29, 0.717) is 0 Å². The van der Waals surface area contributed by atoms with Crippen molar-refractivity contribution in [2.45, 2.75) is 19.8 Å². The predicted molar refractivity (Wildman–Crippen MR) is 63.7 cm³/mol. The van der Waals surface area contributed by atoms with Gasteiger partial charge in [0.25, 0.3) is 0 Å². The van der Waals surface area contributed by atoms with Gasteiger partial charge in [-0.1, -0.05) is 0 Å². The van der Waals surface area contributed by atoms with Crippen molar-refractivity contribution in [1.29, 1.82) is 0 Å². The summed E-state index contributed by atoms with van der Waals surface area (Å²) in [5.41, 5.74) is 1.85. The normalized spacial score (nSPS) is 16.9. The fraction of sp³-hybridized carbons (Fsp3) is 0.462. The van der Waals surface area contributed by atoms with Gasteiger partial charge in [-0.3, -0.25) is 4.79 Å². The highest BCUT2D eigenvalue weighted by molar-refractivity contribution is 5.94. The monoisotopic (exact) mass is 219 g/mol. The van der Waals surface area contributed by atoms with Crippen molar-refractivity contribution >= 4 is 11.5 Å². The summed E-state index contributed by atoms with van der Waals surface area (Å²) in [6.07, 6.45) is 2.20. The number of benzene rings is 1. The lowest BCUT2D eigenvalue weighted by Crippen LogP contribution is -2.18. The van der Waals surface area contributed by atoms with E-state index in [9.17, 15) is 4.79 Å². The molecule has 0 unspecified atom stereocenters. The molecule has 3 nitrogen and oxygen atoms in total. The Morgan fingerprint density at radius 2 is 2.00 bits per heavy atom. The third-order valence-electron chi connectivity index (χ3n) is 3.25. The molecule has 0 saturated heterocycles. The molecule has 3 heteroatoms. The van der Waals surface area contributed by atoms with Crippen LogP contribution in [0.15, 0.2) is 24.3 Å². The lowest BCUT2D eigenvalue weighted by molar-refractivity contribution is 0.101. The number of rotatable bonds is 5. The SMILES string of the molecule is CC(=O)c1ccc(NCC2(CO)CC2)cc1. The Bertz CT molecular complexity index is 379. The number of carbonyl (C=O) groups excluding carboxylic acids is 1. The number of hydrogen-bond acceptors (Lipinski definition) is 3. The van der Waals surface area contributed by atoms with Crippen molar-refractivity contribution in [1.82, 2.24) is 0 Å². The molecule has 1 aromatic carbocycles. The molecule has 0 spiro atoms. The fourth-order valence-electron chi connectivity index (χ4n) is 1.68. The van der Waals surface area contributed by atoms with Crippen LogP contribution in [-0.2, 0) is 0 Å². The largest absolute Gasteiger partial charge is 0.396 e. The molecule has 2 N–H and O–H groups in total. The van der Waals surface area contributed by atoms with Gasteiger partial charge < -0.3 is 10.4 Å². The molecule has 1 aromatic rings. The molecule has 1 aliphatic carbocycles. The molecular formula is C13H17NO2. The van der Waals surface area contributed by atoms with Crippen LogP contribution in [0.25, 0.3) is 0 Å². The molecule has 86 valence electrons. The lowest BCUT2D eigenvalue weighted by atomic mass is 10.1. The summed E-state index contributed by atoms with van der Waals surface area (Å²) >= 11 is 0. The van der Waals surface area contributed by atoms with Gasteiger partial charge in [0.2, 0.25) is 0 Å². The summed E-state index contributed by atoms with van der Waals surface area (Å²) in [5, 5.41) is 12.5. The van der Waals surface area contributed by atoms with E-state index in [4.69, 9.17) is 5.11 Å². The first-order valence-corrected chi connectivity index (χ1v) is 5.61. The van der Waals surface area contributed by atoms with E-state index < -0.39 is 0 Å². The minimum atomic E-state index is 0.0839. The zero-order chi connectivity index (χ0) is 11.6. The Morgan fingerprint density at radius 3 is 2.44 bits per heavy atom. The third kappa shape index (κ3) is 2.42. The molecule has 0 aromatic heterocycles. The van der Waals surface area contributed by atoms with E-state index in [1.165, 1.54) is 0 Å². The van der Waals surface area contributed by atoms with Crippen LogP contribution >= 0.6 is 0 Å². The predicted octanol–water partition coefficient (Wildman–Crippen LogP) is 2.07. The molecule has 0 radical (unpaired) electrons. The highest BCUT2D eigenvalue weighted by Gasteiger charge is 2.41. The standard InChI is InChI=1S/C13H17NO2/c1-10(16)11-2-4-12(5-3-11)14-8-13(9-15)6-7-13/h2-5,14-15H,6-9H2,1H3. The van der Waals surface area contributed by atoms with Crippen LogP contribution < -0.4 is 5.32 Å². The topological polar surface area (TPSA) is 49.3 Å². The number of anilines is 1. The van der Waals surface area contributed by atoms with Crippen molar-refractivity contribution in [3.05, 3.63) is 29.8 Å². The van der Waals surface area contributed by atoms with Gasteiger partial charge in [0.15, 0.2) is 5.78 Å². The van der Waals surface area contributed by atoms with Crippen molar-refractivity contribution < 1.29 is 9.90 Å². The smallest absolute Gasteiger partial charge is 0.159 e. The first-order chi connectivity index (χ1) is 7.65. The zero-order valence-corrected chi connectivity index (χ0v) is 9.49. The van der Waals surface area contributed by atoms with Crippen LogP contribution in [0.4, 0.5) is 5.69 Å². The van der Waals surface area contributed by atoms with Crippen LogP contribution in [0.3, 0.4) is 0 Å². The van der Waals surface area contributed by atoms with Crippen LogP contribution in [0, 0.1) is 5.41 Å². The maximum Gasteiger partial charge on any atom is 0.159 e. The highest BCUT2D eigenvalue weighted by atomic mass is 16.3. The molecule has 1 fully saturated rings. The number of nitrogens with one attached hydrogen (secondary N) is 1. The Hall–Kier alpha value is -1.35. The van der Waals surface area contributed by atoms with Gasteiger partial charge in [-0.2, -0.15) is 0 Å². The Morgan fingerprint density at radius 1 is 1.38 bits per heavy atom. The summed E-state index contributed by atoms with van der Waals surface area (Å²) in [5.74, 6) is 0.0839. The summed E-state index contributed by atoms with van der Waals surface area (Å²) in [4.78, 5) is 11.1. The molecule has 0 atom stereocenters. The number of Topliss-reactive ketones (excluding diaryl/α,β-unsaturated/α-hetero) is 1. The van der Waals surface area contributed by atoms with Crippen LogP contribution in [0.1, 0.15) is 30.1 Å². The summed E-state index contributed by atoms with van der Waals surface area (Å²) in [7, 11) is 0. The van der Waals surface area contributed by atoms with Gasteiger partial charge in [0.1, 0.15) is 0 Å². The van der Waals surface area contributed by atoms with Crippen molar-refractivity contribution in [3.8, 4) is 0 Å². The van der Waals surface area contributed by atoms with Crippen molar-refractivity contribution in [2.75, 3.05) is 18.5 Å². The molecule has 0 amide bonds. The number of hydrogen-bond donors (Lipinski definition) is 2. The highest BCUT2D eigenvalue weighted by Crippen LogP contribution is 2.44. The van der Waals surface area contributed by atoms with Crippen LogP contribution in [0.5, 0.6) is 0 Å². The summed E-state index contributed by atoms with van der Waals surface area (Å²) in [6.45, 7) is 2.63. The molecule has 1 saturated carbocycles. The van der Waals surface area contributed by atoms with Gasteiger partial charge in [-0.25, -0.2) is 0 Å². The Kier molecular flexibility index (Phi) is 2.97. The average Bonchev–Trinajstić information content (AvgIpc) is 3.08. The van der Waals surface area contributed by atoms with Gasteiger partial charge in [-0.05, 0) is 44.0 Å². The average molecular weight is 219 g/mol. The first kappa shape index (κ1) is 11.1. The van der Waals surface area contributed by atoms with Gasteiger partial charge in [0.05, 0.1) is 6.61 Å². The second-order valence-electron chi connectivity index (χ2n) is 4.65. The zero-order valence-electron chi connectivity index (χ0n) is 9.49. The van der Waals surface area contributed by atoms with E-state index >= 15 is 0 Å². The van der Waals surface area contributed by atoms with E-state index in [1.807, 2.05) is 24.3 Å². The van der Waals surface area contributed by atoms with E-state index in [2.05, 4.69) is 5.32 Å². The minimum absolute atomic E-state index is 0.0839. The van der Waals surface area contributed by atoms with Gasteiger partial charge >= 0.3 is 0 Å². The van der Waals surface area contributed by atoms with Gasteiger partial charge in [0, 0.05) is 23.2 Å². The molecule has 2 rings (SSSR count).